The van der Waals surface area contributed by atoms with Gasteiger partial charge < -0.3 is 39.9 Å². The smallest absolute Gasteiger partial charge is 0.472 e. The number of hydrogen-bond acceptors (Lipinski definition) is 11. The van der Waals surface area contributed by atoms with Crippen LogP contribution in [0.5, 0.6) is 0 Å². The summed E-state index contributed by atoms with van der Waals surface area (Å²) in [5.74, 6) is -0.493. The van der Waals surface area contributed by atoms with Gasteiger partial charge in [0.25, 0.3) is 0 Å². The van der Waals surface area contributed by atoms with E-state index < -0.39 is 63.1 Å². The first-order valence-corrected chi connectivity index (χ1v) is 27.1. The highest BCUT2D eigenvalue weighted by atomic mass is 31.2. The fourth-order valence-corrected chi connectivity index (χ4v) is 9.12. The summed E-state index contributed by atoms with van der Waals surface area (Å²) in [6, 6.07) is 0. The Kier molecular flexibility index (Phi) is 38.2. The molecule has 0 saturated heterocycles. The summed E-state index contributed by atoms with van der Waals surface area (Å²) in [6.07, 6.45) is 33.6. The highest BCUT2D eigenvalue weighted by Gasteiger charge is 2.51. The van der Waals surface area contributed by atoms with Crippen LogP contribution < -0.4 is 0 Å². The second-order valence-corrected chi connectivity index (χ2v) is 19.5. The minimum absolute atomic E-state index is 0.154. The van der Waals surface area contributed by atoms with Gasteiger partial charge in [-0.05, 0) is 25.3 Å². The number of esters is 1. The number of carbonyl (C=O) groups excluding carboxylic acids is 1. The molecule has 0 bridgehead atoms. The third-order valence-corrected chi connectivity index (χ3v) is 13.2. The molecule has 368 valence electrons. The van der Waals surface area contributed by atoms with Crippen LogP contribution in [0.2, 0.25) is 0 Å². The molecule has 0 radical (unpaired) electrons. The van der Waals surface area contributed by atoms with E-state index in [0.29, 0.717) is 6.42 Å². The number of hydrogen-bond donors (Lipinski definition) is 6. The van der Waals surface area contributed by atoms with Crippen LogP contribution >= 0.6 is 7.82 Å². The van der Waals surface area contributed by atoms with Crippen LogP contribution in [-0.2, 0) is 27.9 Å². The molecule has 8 atom stereocenters. The van der Waals surface area contributed by atoms with E-state index in [2.05, 4.69) is 13.8 Å². The van der Waals surface area contributed by atoms with Crippen LogP contribution in [0.1, 0.15) is 239 Å². The van der Waals surface area contributed by atoms with Crippen LogP contribution in [0.15, 0.2) is 12.3 Å². The summed E-state index contributed by atoms with van der Waals surface area (Å²) in [7, 11) is -5.03. The maximum atomic E-state index is 12.8. The summed E-state index contributed by atoms with van der Waals surface area (Å²) in [5, 5.41) is 50.2. The van der Waals surface area contributed by atoms with Gasteiger partial charge in [-0.3, -0.25) is 13.8 Å². The van der Waals surface area contributed by atoms with Crippen molar-refractivity contribution in [3.05, 3.63) is 12.3 Å². The van der Waals surface area contributed by atoms with Gasteiger partial charge in [-0.1, -0.05) is 213 Å². The van der Waals surface area contributed by atoms with Crippen LogP contribution in [-0.4, -0.2) is 92.3 Å². The first-order chi connectivity index (χ1) is 30.0. The van der Waals surface area contributed by atoms with Crippen molar-refractivity contribution in [3.8, 4) is 0 Å². The maximum absolute atomic E-state index is 12.8. The third kappa shape index (κ3) is 31.7. The van der Waals surface area contributed by atoms with Gasteiger partial charge in [0, 0.05) is 6.42 Å². The Morgan fingerprint density at radius 3 is 1.23 bits per heavy atom. The van der Waals surface area contributed by atoms with Crippen molar-refractivity contribution in [2.75, 3.05) is 13.2 Å². The molecular formula is C49H95O12P. The molecule has 0 spiro atoms. The molecule has 0 amide bonds. The Morgan fingerprint density at radius 2 is 0.839 bits per heavy atom. The molecule has 1 aliphatic rings. The van der Waals surface area contributed by atoms with Crippen molar-refractivity contribution in [1.29, 1.82) is 0 Å². The standard InChI is InChI=1S/C49H95O12P/c1-3-5-7-9-11-13-15-17-19-21-23-25-27-29-31-33-35-37-39-58-40-42(41-59-62(56,57)61-49-47(54)45(52)44(51)46(53)48(49)55)60-43(50)38-36-34-32-30-28-26-24-22-20-18-16-14-12-10-8-6-4-2/h37,39,42,44-49,51-55H,3-36,38,40-41H2,1-2H3,(H,56,57)/b39-37-/t42-,44?,45-,46?,47?,48?,49?/m1/s1. The molecule has 1 saturated carbocycles. The normalized spacial score (nSPS) is 21.9. The molecule has 0 aromatic rings. The first kappa shape index (κ1) is 58.9. The van der Waals surface area contributed by atoms with Gasteiger partial charge in [0.2, 0.25) is 0 Å². The van der Waals surface area contributed by atoms with Gasteiger partial charge in [-0.15, -0.1) is 0 Å². The van der Waals surface area contributed by atoms with Crippen molar-refractivity contribution in [1.82, 2.24) is 0 Å². The SMILES string of the molecule is CCCCCCCCCCCCCCCCCC/C=C\OC[C@H](COP(=O)(O)OC1C(O)C(O)C(O)[C@@H](O)C1O)OC(=O)CCCCCCCCCCCCCCCCCCC. The van der Waals surface area contributed by atoms with Crippen molar-refractivity contribution < 1.29 is 58.3 Å². The maximum Gasteiger partial charge on any atom is 0.472 e. The van der Waals surface area contributed by atoms with Gasteiger partial charge in [0.05, 0.1) is 12.9 Å². The summed E-state index contributed by atoms with van der Waals surface area (Å²) in [5.41, 5.74) is 0. The zero-order chi connectivity index (χ0) is 45.5. The summed E-state index contributed by atoms with van der Waals surface area (Å²) in [6.45, 7) is 3.77. The van der Waals surface area contributed by atoms with Crippen LogP contribution in [0.4, 0.5) is 0 Å². The highest BCUT2D eigenvalue weighted by Crippen LogP contribution is 2.47. The summed E-state index contributed by atoms with van der Waals surface area (Å²) >= 11 is 0. The molecule has 0 heterocycles. The number of phosphoric acid groups is 1. The molecule has 6 unspecified atom stereocenters. The molecule has 0 aliphatic heterocycles. The highest BCUT2D eigenvalue weighted by molar-refractivity contribution is 7.47. The molecule has 12 nitrogen and oxygen atoms in total. The lowest BCUT2D eigenvalue weighted by molar-refractivity contribution is -0.220. The van der Waals surface area contributed by atoms with Gasteiger partial charge in [0.1, 0.15) is 43.2 Å². The van der Waals surface area contributed by atoms with Gasteiger partial charge in [0.15, 0.2) is 6.10 Å². The lowest BCUT2D eigenvalue weighted by Gasteiger charge is -2.41. The van der Waals surface area contributed by atoms with E-state index in [1.54, 1.807) is 0 Å². The van der Waals surface area contributed by atoms with Gasteiger partial charge >= 0.3 is 13.8 Å². The lowest BCUT2D eigenvalue weighted by atomic mass is 9.85. The Morgan fingerprint density at radius 1 is 0.500 bits per heavy atom. The molecule has 13 heteroatoms. The van der Waals surface area contributed by atoms with Crippen LogP contribution in [0.25, 0.3) is 0 Å². The predicted molar refractivity (Wildman–Crippen MR) is 249 cm³/mol. The van der Waals surface area contributed by atoms with Gasteiger partial charge in [-0.2, -0.15) is 0 Å². The van der Waals surface area contributed by atoms with Crippen molar-refractivity contribution in [2.45, 2.75) is 281 Å². The lowest BCUT2D eigenvalue weighted by Crippen LogP contribution is -2.64. The molecular weight excluding hydrogens is 812 g/mol. The first-order valence-electron chi connectivity index (χ1n) is 25.6. The second-order valence-electron chi connectivity index (χ2n) is 18.1. The van der Waals surface area contributed by atoms with E-state index >= 15 is 0 Å². The fraction of sp³-hybridized carbons (Fsp3) is 0.939. The van der Waals surface area contributed by atoms with Crippen LogP contribution in [0.3, 0.4) is 0 Å². The number of aliphatic hydroxyl groups excluding tert-OH is 5. The van der Waals surface area contributed by atoms with E-state index in [-0.39, 0.29) is 13.0 Å². The van der Waals surface area contributed by atoms with E-state index in [1.807, 2.05) is 6.08 Å². The van der Waals surface area contributed by atoms with Crippen LogP contribution in [0, 0.1) is 0 Å². The Hall–Kier alpha value is -1.08. The summed E-state index contributed by atoms with van der Waals surface area (Å²) < 4.78 is 34.0. The Bertz CT molecular complexity index is 1080. The zero-order valence-corrected chi connectivity index (χ0v) is 40.3. The number of ether oxygens (including phenoxy) is 2. The van der Waals surface area contributed by atoms with E-state index in [1.165, 1.54) is 180 Å². The molecule has 1 rings (SSSR count). The number of rotatable bonds is 44. The third-order valence-electron chi connectivity index (χ3n) is 12.2. The fourth-order valence-electron chi connectivity index (χ4n) is 8.15. The monoisotopic (exact) mass is 907 g/mol. The molecule has 0 aromatic carbocycles. The van der Waals surface area contributed by atoms with Crippen molar-refractivity contribution >= 4 is 13.8 Å². The molecule has 1 aliphatic carbocycles. The van der Waals surface area contributed by atoms with Crippen molar-refractivity contribution in [2.24, 2.45) is 0 Å². The second kappa shape index (κ2) is 40.2. The van der Waals surface area contributed by atoms with E-state index in [4.69, 9.17) is 18.5 Å². The minimum Gasteiger partial charge on any atom is -0.498 e. The van der Waals surface area contributed by atoms with E-state index in [0.717, 1.165) is 38.5 Å². The Balaban J connectivity index is 2.36. The largest absolute Gasteiger partial charge is 0.498 e. The van der Waals surface area contributed by atoms with Gasteiger partial charge in [-0.25, -0.2) is 4.57 Å². The molecule has 1 fully saturated rings. The molecule has 0 aromatic heterocycles. The number of unbranched alkanes of at least 4 members (excludes halogenated alkanes) is 32. The quantitative estimate of drug-likeness (QED) is 0.0147. The van der Waals surface area contributed by atoms with E-state index in [9.17, 15) is 39.8 Å². The zero-order valence-electron chi connectivity index (χ0n) is 39.4. The minimum atomic E-state index is -5.03. The number of carbonyl (C=O) groups is 1. The van der Waals surface area contributed by atoms with Crippen molar-refractivity contribution in [3.63, 3.8) is 0 Å². The Labute approximate surface area is 377 Å². The molecule has 6 N–H and O–H groups in total. The number of allylic oxidation sites excluding steroid dienone is 1. The topological polar surface area (TPSA) is 192 Å². The number of phosphoric ester groups is 1. The average molecular weight is 907 g/mol. The number of aliphatic hydroxyl groups is 5. The predicted octanol–water partition coefficient (Wildman–Crippen LogP) is 11.4. The average Bonchev–Trinajstić information content (AvgIpc) is 3.26. The molecule has 62 heavy (non-hydrogen) atoms. The summed E-state index contributed by atoms with van der Waals surface area (Å²) in [4.78, 5) is 23.2.